The van der Waals surface area contributed by atoms with Gasteiger partial charge in [0, 0.05) is 12.1 Å². The molecule has 4 nitrogen and oxygen atoms in total. The Hall–Kier alpha value is -1.71. The molecule has 1 saturated heterocycles. The number of ether oxygens (including phenoxy) is 1. The van der Waals surface area contributed by atoms with Crippen molar-refractivity contribution in [3.8, 4) is 5.75 Å². The molecule has 0 aromatic heterocycles. The second-order valence-corrected chi connectivity index (χ2v) is 5.84. The van der Waals surface area contributed by atoms with E-state index in [2.05, 4.69) is 5.32 Å². The minimum absolute atomic E-state index is 0.0146. The standard InChI is InChI=1S/C16H22N2O2/c1-3-20-14-11-12(2)5-6-13(14)17-15(19)18-10-9-16(18)7-4-8-16/h5-6,11H,3-4,7-10H2,1-2H3,(H,17,19). The first kappa shape index (κ1) is 13.3. The van der Waals surface area contributed by atoms with Gasteiger partial charge in [-0.25, -0.2) is 4.79 Å². The van der Waals surface area contributed by atoms with E-state index in [1.807, 2.05) is 36.9 Å². The van der Waals surface area contributed by atoms with Crippen LogP contribution in [-0.4, -0.2) is 29.6 Å². The second-order valence-electron chi connectivity index (χ2n) is 5.84. The Morgan fingerprint density at radius 3 is 2.75 bits per heavy atom. The van der Waals surface area contributed by atoms with Crippen LogP contribution in [0.4, 0.5) is 10.5 Å². The fourth-order valence-corrected chi connectivity index (χ4v) is 3.15. The van der Waals surface area contributed by atoms with E-state index in [0.717, 1.165) is 42.8 Å². The first-order chi connectivity index (χ1) is 9.64. The fraction of sp³-hybridized carbons (Fsp3) is 0.562. The summed E-state index contributed by atoms with van der Waals surface area (Å²) in [6.07, 6.45) is 4.73. The highest BCUT2D eigenvalue weighted by atomic mass is 16.5. The molecule has 0 radical (unpaired) electrons. The zero-order chi connectivity index (χ0) is 14.2. The van der Waals surface area contributed by atoms with Crippen molar-refractivity contribution in [1.82, 2.24) is 4.90 Å². The summed E-state index contributed by atoms with van der Waals surface area (Å²) >= 11 is 0. The number of likely N-dealkylation sites (tertiary alicyclic amines) is 1. The summed E-state index contributed by atoms with van der Waals surface area (Å²) in [5.74, 6) is 0.754. The molecule has 108 valence electrons. The van der Waals surface area contributed by atoms with Crippen molar-refractivity contribution >= 4 is 11.7 Å². The van der Waals surface area contributed by atoms with Gasteiger partial charge in [-0.1, -0.05) is 6.07 Å². The molecule has 4 heteroatoms. The zero-order valence-electron chi connectivity index (χ0n) is 12.2. The molecule has 3 rings (SSSR count). The predicted octanol–water partition coefficient (Wildman–Crippen LogP) is 3.55. The number of nitrogens with one attached hydrogen (secondary N) is 1. The van der Waals surface area contributed by atoms with Crippen LogP contribution in [0.5, 0.6) is 5.75 Å². The lowest BCUT2D eigenvalue weighted by atomic mass is 9.68. The van der Waals surface area contributed by atoms with Gasteiger partial charge in [0.25, 0.3) is 0 Å². The van der Waals surface area contributed by atoms with Crippen LogP contribution in [0.15, 0.2) is 18.2 Å². The molecule has 1 N–H and O–H groups in total. The van der Waals surface area contributed by atoms with Crippen molar-refractivity contribution < 1.29 is 9.53 Å². The molecule has 2 fully saturated rings. The molecular formula is C16H22N2O2. The molecule has 2 amide bonds. The van der Waals surface area contributed by atoms with E-state index >= 15 is 0 Å². The van der Waals surface area contributed by atoms with Gasteiger partial charge in [0.15, 0.2) is 0 Å². The Bertz CT molecular complexity index is 518. The van der Waals surface area contributed by atoms with Crippen molar-refractivity contribution in [2.75, 3.05) is 18.5 Å². The minimum Gasteiger partial charge on any atom is -0.492 e. The number of hydrogen-bond acceptors (Lipinski definition) is 2. The van der Waals surface area contributed by atoms with Gasteiger partial charge in [0.2, 0.25) is 0 Å². The third-order valence-corrected chi connectivity index (χ3v) is 4.58. The lowest BCUT2D eigenvalue weighted by molar-refractivity contribution is -0.0319. The van der Waals surface area contributed by atoms with Crippen LogP contribution in [0, 0.1) is 6.92 Å². The molecule has 1 aliphatic carbocycles. The van der Waals surface area contributed by atoms with E-state index in [-0.39, 0.29) is 11.6 Å². The molecule has 1 aromatic carbocycles. The van der Waals surface area contributed by atoms with Crippen LogP contribution >= 0.6 is 0 Å². The molecule has 1 heterocycles. The highest BCUT2D eigenvalue weighted by Gasteiger charge is 2.51. The van der Waals surface area contributed by atoms with E-state index in [1.54, 1.807) is 0 Å². The minimum atomic E-state index is 0.0146. The Balaban J connectivity index is 1.72. The molecule has 0 bridgehead atoms. The monoisotopic (exact) mass is 274 g/mol. The molecule has 20 heavy (non-hydrogen) atoms. The number of carbonyl (C=O) groups excluding carboxylic acids is 1. The smallest absolute Gasteiger partial charge is 0.322 e. The summed E-state index contributed by atoms with van der Waals surface area (Å²) in [5.41, 5.74) is 2.08. The maximum absolute atomic E-state index is 12.4. The van der Waals surface area contributed by atoms with Crippen molar-refractivity contribution in [3.63, 3.8) is 0 Å². The summed E-state index contributed by atoms with van der Waals surface area (Å²) in [4.78, 5) is 14.4. The van der Waals surface area contributed by atoms with E-state index in [0.29, 0.717) is 6.61 Å². The molecule has 1 aliphatic heterocycles. The van der Waals surface area contributed by atoms with E-state index in [9.17, 15) is 4.79 Å². The van der Waals surface area contributed by atoms with Gasteiger partial charge in [-0.05, 0) is 57.2 Å². The molecule has 2 aliphatic rings. The Labute approximate surface area is 120 Å². The number of benzene rings is 1. The number of amides is 2. The topological polar surface area (TPSA) is 41.6 Å². The van der Waals surface area contributed by atoms with Crippen LogP contribution in [0.25, 0.3) is 0 Å². The predicted molar refractivity (Wildman–Crippen MR) is 79.3 cm³/mol. The number of nitrogens with zero attached hydrogens (tertiary/aromatic N) is 1. The second kappa shape index (κ2) is 5.00. The van der Waals surface area contributed by atoms with Gasteiger partial charge in [0.1, 0.15) is 5.75 Å². The van der Waals surface area contributed by atoms with Crippen LogP contribution < -0.4 is 10.1 Å². The van der Waals surface area contributed by atoms with Gasteiger partial charge in [-0.3, -0.25) is 0 Å². The van der Waals surface area contributed by atoms with Crippen LogP contribution in [-0.2, 0) is 0 Å². The Morgan fingerprint density at radius 2 is 2.20 bits per heavy atom. The molecule has 1 saturated carbocycles. The number of urea groups is 1. The SMILES string of the molecule is CCOc1cc(C)ccc1NC(=O)N1CCC12CCC2. The van der Waals surface area contributed by atoms with Crippen molar-refractivity contribution in [3.05, 3.63) is 23.8 Å². The maximum Gasteiger partial charge on any atom is 0.322 e. The Morgan fingerprint density at radius 1 is 1.40 bits per heavy atom. The lowest BCUT2D eigenvalue weighted by Crippen LogP contribution is -2.66. The molecule has 0 unspecified atom stereocenters. The molecule has 1 aromatic rings. The van der Waals surface area contributed by atoms with Gasteiger partial charge >= 0.3 is 6.03 Å². The van der Waals surface area contributed by atoms with E-state index in [1.165, 1.54) is 6.42 Å². The number of anilines is 1. The summed E-state index contributed by atoms with van der Waals surface area (Å²) < 4.78 is 5.61. The molecular weight excluding hydrogens is 252 g/mol. The molecule has 1 spiro atoms. The summed E-state index contributed by atoms with van der Waals surface area (Å²) in [7, 11) is 0. The average Bonchev–Trinajstić information content (AvgIpc) is 2.29. The summed E-state index contributed by atoms with van der Waals surface area (Å²) in [6.45, 7) is 5.45. The lowest BCUT2D eigenvalue weighted by Gasteiger charge is -2.58. The van der Waals surface area contributed by atoms with Gasteiger partial charge < -0.3 is 15.0 Å². The highest BCUT2D eigenvalue weighted by Crippen LogP contribution is 2.47. The first-order valence-electron chi connectivity index (χ1n) is 7.47. The third-order valence-electron chi connectivity index (χ3n) is 4.58. The van der Waals surface area contributed by atoms with Gasteiger partial charge in [0.05, 0.1) is 12.3 Å². The van der Waals surface area contributed by atoms with E-state index in [4.69, 9.17) is 4.74 Å². The summed E-state index contributed by atoms with van der Waals surface area (Å²) in [5, 5.41) is 3.01. The zero-order valence-corrected chi connectivity index (χ0v) is 12.2. The Kier molecular flexibility index (Phi) is 3.32. The van der Waals surface area contributed by atoms with Gasteiger partial charge in [-0.2, -0.15) is 0 Å². The summed E-state index contributed by atoms with van der Waals surface area (Å²) in [6, 6.07) is 5.90. The first-order valence-corrected chi connectivity index (χ1v) is 7.47. The van der Waals surface area contributed by atoms with Crippen molar-refractivity contribution in [2.45, 2.75) is 45.1 Å². The number of carbonyl (C=O) groups is 1. The van der Waals surface area contributed by atoms with Crippen LogP contribution in [0.1, 0.15) is 38.2 Å². The highest BCUT2D eigenvalue weighted by molar-refractivity contribution is 5.92. The van der Waals surface area contributed by atoms with Crippen molar-refractivity contribution in [1.29, 1.82) is 0 Å². The number of hydrogen-bond donors (Lipinski definition) is 1. The number of aryl methyl sites for hydroxylation is 1. The fourth-order valence-electron chi connectivity index (χ4n) is 3.15. The van der Waals surface area contributed by atoms with Gasteiger partial charge in [-0.15, -0.1) is 0 Å². The largest absolute Gasteiger partial charge is 0.492 e. The van der Waals surface area contributed by atoms with Crippen molar-refractivity contribution in [2.24, 2.45) is 0 Å². The third kappa shape index (κ3) is 2.13. The van der Waals surface area contributed by atoms with Crippen LogP contribution in [0.3, 0.4) is 0 Å². The van der Waals surface area contributed by atoms with Crippen LogP contribution in [0.2, 0.25) is 0 Å². The quantitative estimate of drug-likeness (QED) is 0.915. The maximum atomic E-state index is 12.4. The average molecular weight is 274 g/mol. The normalized spacial score (nSPS) is 19.2. The van der Waals surface area contributed by atoms with E-state index < -0.39 is 0 Å². The molecule has 0 atom stereocenters. The number of rotatable bonds is 3.